The van der Waals surface area contributed by atoms with Crippen LogP contribution in [-0.4, -0.2) is 29.7 Å². The molecule has 1 amide bonds. The number of ether oxygens (including phenoxy) is 1. The quantitative estimate of drug-likeness (QED) is 0.576. The minimum atomic E-state index is -0.400. The first-order valence-corrected chi connectivity index (χ1v) is 5.62. The fourth-order valence-electron chi connectivity index (χ4n) is 1.47. The molecule has 0 bridgehead atoms. The molecule has 0 aliphatic carbocycles. The SMILES string of the molecule is CC(C)(C)OC(=O)N1C/C=C\CCCC1. The smallest absolute Gasteiger partial charge is 0.410 e. The van der Waals surface area contributed by atoms with Crippen molar-refractivity contribution in [1.82, 2.24) is 4.90 Å². The zero-order valence-electron chi connectivity index (χ0n) is 9.95. The maximum atomic E-state index is 11.7. The second kappa shape index (κ2) is 5.19. The number of rotatable bonds is 0. The van der Waals surface area contributed by atoms with Gasteiger partial charge in [0.2, 0.25) is 0 Å². The molecule has 3 heteroatoms. The third-order valence-corrected chi connectivity index (χ3v) is 2.19. The van der Waals surface area contributed by atoms with Gasteiger partial charge in [-0.25, -0.2) is 4.79 Å². The Bertz CT molecular complexity index is 240. The van der Waals surface area contributed by atoms with Crippen LogP contribution in [-0.2, 0) is 4.74 Å². The Morgan fingerprint density at radius 3 is 2.67 bits per heavy atom. The topological polar surface area (TPSA) is 29.5 Å². The largest absolute Gasteiger partial charge is 0.444 e. The van der Waals surface area contributed by atoms with Gasteiger partial charge < -0.3 is 9.64 Å². The van der Waals surface area contributed by atoms with Crippen LogP contribution in [0.5, 0.6) is 0 Å². The molecule has 0 radical (unpaired) electrons. The Morgan fingerprint density at radius 1 is 1.27 bits per heavy atom. The summed E-state index contributed by atoms with van der Waals surface area (Å²) in [5.74, 6) is 0. The number of carbonyl (C=O) groups is 1. The molecule has 0 saturated heterocycles. The number of amides is 1. The average molecular weight is 211 g/mol. The van der Waals surface area contributed by atoms with Crippen LogP contribution in [0.15, 0.2) is 12.2 Å². The first-order chi connectivity index (χ1) is 6.99. The lowest BCUT2D eigenvalue weighted by molar-refractivity contribution is 0.0267. The van der Waals surface area contributed by atoms with Crippen LogP contribution in [0.3, 0.4) is 0 Å². The van der Waals surface area contributed by atoms with Gasteiger partial charge in [-0.2, -0.15) is 0 Å². The molecule has 86 valence electrons. The predicted molar refractivity (Wildman–Crippen MR) is 60.8 cm³/mol. The Labute approximate surface area is 92.1 Å². The summed E-state index contributed by atoms with van der Waals surface area (Å²) in [6.07, 6.45) is 7.32. The molecule has 0 N–H and O–H groups in total. The standard InChI is InChI=1S/C12H21NO2/c1-12(2,3)15-11(14)13-9-7-5-4-6-8-10-13/h5,7H,4,6,8-10H2,1-3H3/b7-5-. The molecule has 0 spiro atoms. The molecule has 0 aromatic rings. The second-order valence-electron chi connectivity index (χ2n) is 4.89. The highest BCUT2D eigenvalue weighted by atomic mass is 16.6. The number of allylic oxidation sites excluding steroid dienone is 1. The number of nitrogens with zero attached hydrogens (tertiary/aromatic N) is 1. The lowest BCUT2D eigenvalue weighted by Crippen LogP contribution is -2.37. The van der Waals surface area contributed by atoms with Crippen LogP contribution in [0, 0.1) is 0 Å². The van der Waals surface area contributed by atoms with Crippen LogP contribution in [0.4, 0.5) is 4.79 Å². The summed E-state index contributed by atoms with van der Waals surface area (Å²) in [5.41, 5.74) is -0.400. The summed E-state index contributed by atoms with van der Waals surface area (Å²) >= 11 is 0. The molecule has 1 aliphatic rings. The molecule has 3 nitrogen and oxygen atoms in total. The van der Waals surface area contributed by atoms with E-state index < -0.39 is 5.60 Å². The molecule has 0 saturated carbocycles. The molecule has 0 fully saturated rings. The third-order valence-electron chi connectivity index (χ3n) is 2.19. The number of hydrogen-bond acceptors (Lipinski definition) is 2. The van der Waals surface area contributed by atoms with Crippen molar-refractivity contribution in [2.75, 3.05) is 13.1 Å². The van der Waals surface area contributed by atoms with Crippen molar-refractivity contribution in [1.29, 1.82) is 0 Å². The molecule has 1 heterocycles. The minimum Gasteiger partial charge on any atom is -0.444 e. The lowest BCUT2D eigenvalue weighted by atomic mass is 10.2. The van der Waals surface area contributed by atoms with Crippen molar-refractivity contribution < 1.29 is 9.53 Å². The van der Waals surface area contributed by atoms with E-state index in [4.69, 9.17) is 4.74 Å². The van der Waals surface area contributed by atoms with E-state index in [9.17, 15) is 4.79 Å². The molecular weight excluding hydrogens is 190 g/mol. The van der Waals surface area contributed by atoms with E-state index in [1.165, 1.54) is 0 Å². The molecule has 0 aromatic carbocycles. The highest BCUT2D eigenvalue weighted by Crippen LogP contribution is 2.12. The van der Waals surface area contributed by atoms with Gasteiger partial charge in [0.15, 0.2) is 0 Å². The molecule has 0 atom stereocenters. The van der Waals surface area contributed by atoms with Gasteiger partial charge in [-0.05, 0) is 40.0 Å². The van der Waals surface area contributed by atoms with E-state index in [-0.39, 0.29) is 6.09 Å². The van der Waals surface area contributed by atoms with E-state index in [0.717, 1.165) is 25.8 Å². The highest BCUT2D eigenvalue weighted by molar-refractivity contribution is 5.68. The van der Waals surface area contributed by atoms with Gasteiger partial charge in [0.1, 0.15) is 5.60 Å². The summed E-state index contributed by atoms with van der Waals surface area (Å²) in [5, 5.41) is 0. The lowest BCUT2D eigenvalue weighted by Gasteiger charge is -2.27. The molecule has 0 unspecified atom stereocenters. The Kier molecular flexibility index (Phi) is 4.18. The number of carbonyl (C=O) groups excluding carboxylic acids is 1. The van der Waals surface area contributed by atoms with Gasteiger partial charge >= 0.3 is 6.09 Å². The van der Waals surface area contributed by atoms with Crippen molar-refractivity contribution in [2.24, 2.45) is 0 Å². The normalized spacial score (nSPS) is 20.3. The van der Waals surface area contributed by atoms with Gasteiger partial charge in [0, 0.05) is 13.1 Å². The van der Waals surface area contributed by atoms with E-state index in [0.29, 0.717) is 6.54 Å². The van der Waals surface area contributed by atoms with E-state index >= 15 is 0 Å². The van der Waals surface area contributed by atoms with Crippen LogP contribution < -0.4 is 0 Å². The average Bonchev–Trinajstić information content (AvgIpc) is 1.98. The summed E-state index contributed by atoms with van der Waals surface area (Å²) in [6.45, 7) is 7.16. The Morgan fingerprint density at radius 2 is 2.00 bits per heavy atom. The fourth-order valence-corrected chi connectivity index (χ4v) is 1.47. The van der Waals surface area contributed by atoms with Gasteiger partial charge in [0.05, 0.1) is 0 Å². The van der Waals surface area contributed by atoms with Crippen molar-refractivity contribution in [3.05, 3.63) is 12.2 Å². The van der Waals surface area contributed by atoms with Crippen LogP contribution in [0.25, 0.3) is 0 Å². The number of hydrogen-bond donors (Lipinski definition) is 0. The van der Waals surface area contributed by atoms with E-state index in [1.54, 1.807) is 4.90 Å². The van der Waals surface area contributed by atoms with Crippen molar-refractivity contribution in [3.63, 3.8) is 0 Å². The van der Waals surface area contributed by atoms with Crippen molar-refractivity contribution >= 4 is 6.09 Å². The van der Waals surface area contributed by atoms with E-state index in [1.807, 2.05) is 26.8 Å². The molecular formula is C12H21NO2. The maximum absolute atomic E-state index is 11.7. The Hall–Kier alpha value is -0.990. The Balaban J connectivity index is 2.49. The van der Waals surface area contributed by atoms with E-state index in [2.05, 4.69) is 6.08 Å². The molecule has 1 rings (SSSR count). The second-order valence-corrected chi connectivity index (χ2v) is 4.89. The molecule has 15 heavy (non-hydrogen) atoms. The zero-order valence-corrected chi connectivity index (χ0v) is 9.95. The van der Waals surface area contributed by atoms with Crippen molar-refractivity contribution in [2.45, 2.75) is 45.6 Å². The van der Waals surface area contributed by atoms with Gasteiger partial charge in [-0.3, -0.25) is 0 Å². The summed E-state index contributed by atoms with van der Waals surface area (Å²) in [4.78, 5) is 13.5. The van der Waals surface area contributed by atoms with Gasteiger partial charge in [-0.1, -0.05) is 12.2 Å². The van der Waals surface area contributed by atoms with Crippen LogP contribution in [0.2, 0.25) is 0 Å². The highest BCUT2D eigenvalue weighted by Gasteiger charge is 2.21. The summed E-state index contributed by atoms with van der Waals surface area (Å²) in [7, 11) is 0. The molecule has 1 aliphatic heterocycles. The maximum Gasteiger partial charge on any atom is 0.410 e. The van der Waals surface area contributed by atoms with Gasteiger partial charge in [-0.15, -0.1) is 0 Å². The summed E-state index contributed by atoms with van der Waals surface area (Å²) < 4.78 is 5.33. The monoisotopic (exact) mass is 211 g/mol. The third kappa shape index (κ3) is 4.86. The predicted octanol–water partition coefficient (Wildman–Crippen LogP) is 2.96. The van der Waals surface area contributed by atoms with Crippen LogP contribution in [0.1, 0.15) is 40.0 Å². The fraction of sp³-hybridized carbons (Fsp3) is 0.750. The zero-order chi connectivity index (χ0) is 11.3. The summed E-state index contributed by atoms with van der Waals surface area (Å²) in [6, 6.07) is 0. The molecule has 0 aromatic heterocycles. The first-order valence-electron chi connectivity index (χ1n) is 5.62. The first kappa shape index (κ1) is 12.1. The van der Waals surface area contributed by atoms with Gasteiger partial charge in [0.25, 0.3) is 0 Å². The van der Waals surface area contributed by atoms with Crippen molar-refractivity contribution in [3.8, 4) is 0 Å². The van der Waals surface area contributed by atoms with Crippen LogP contribution >= 0.6 is 0 Å². The minimum absolute atomic E-state index is 0.200.